The zero-order valence-electron chi connectivity index (χ0n) is 18.8. The molecule has 0 N–H and O–H groups in total. The highest BCUT2D eigenvalue weighted by Crippen LogP contribution is 2.32. The van der Waals surface area contributed by atoms with E-state index in [0.29, 0.717) is 55.6 Å². The van der Waals surface area contributed by atoms with Gasteiger partial charge >= 0.3 is 0 Å². The van der Waals surface area contributed by atoms with E-state index >= 15 is 0 Å². The number of hydrogen-bond acceptors (Lipinski definition) is 5. The van der Waals surface area contributed by atoms with E-state index in [9.17, 15) is 9.59 Å². The number of rotatable bonds is 11. The molecule has 1 aliphatic heterocycles. The molecule has 0 bridgehead atoms. The van der Waals surface area contributed by atoms with Gasteiger partial charge in [0.2, 0.25) is 0 Å². The molecule has 6 nitrogen and oxygen atoms in total. The third-order valence-corrected chi connectivity index (χ3v) is 5.72. The van der Waals surface area contributed by atoms with E-state index in [2.05, 4.69) is 0 Å². The summed E-state index contributed by atoms with van der Waals surface area (Å²) in [5.41, 5.74) is 3.67. The van der Waals surface area contributed by atoms with Crippen LogP contribution in [0.15, 0.2) is 54.2 Å². The number of methoxy groups -OCH3 is 2. The van der Waals surface area contributed by atoms with Crippen molar-refractivity contribution < 1.29 is 19.1 Å². The summed E-state index contributed by atoms with van der Waals surface area (Å²) in [5, 5.41) is 0.652. The van der Waals surface area contributed by atoms with Crippen LogP contribution in [0.4, 0.5) is 0 Å². The van der Waals surface area contributed by atoms with Crippen LogP contribution in [0.2, 0.25) is 5.02 Å². The normalized spacial score (nSPS) is 13.9. The summed E-state index contributed by atoms with van der Waals surface area (Å²) in [5.74, 6) is -0.561. The van der Waals surface area contributed by atoms with Gasteiger partial charge < -0.3 is 14.4 Å². The first-order valence-electron chi connectivity index (χ1n) is 10.6. The number of aryl methyl sites for hydroxylation is 1. The molecule has 2 amide bonds. The highest BCUT2D eigenvalue weighted by molar-refractivity contribution is 6.35. The lowest BCUT2D eigenvalue weighted by atomic mass is 10.0. The van der Waals surface area contributed by atoms with Crippen molar-refractivity contribution in [2.45, 2.75) is 13.3 Å². The maximum absolute atomic E-state index is 13.5. The predicted octanol–water partition coefficient (Wildman–Crippen LogP) is 3.57. The van der Waals surface area contributed by atoms with E-state index < -0.39 is 0 Å². The molecule has 3 rings (SSSR count). The summed E-state index contributed by atoms with van der Waals surface area (Å²) in [6.45, 7) is 4.10. The molecule has 0 spiro atoms. The number of halogens is 1. The second kappa shape index (κ2) is 11.3. The van der Waals surface area contributed by atoms with Crippen molar-refractivity contribution >= 4 is 29.0 Å². The van der Waals surface area contributed by atoms with Gasteiger partial charge in [-0.1, -0.05) is 53.6 Å². The Hall–Kier alpha value is -2.67. The molecule has 0 saturated carbocycles. The second-order valence-corrected chi connectivity index (χ2v) is 8.14. The minimum absolute atomic E-state index is 0.275. The largest absolute Gasteiger partial charge is 0.383 e. The van der Waals surface area contributed by atoms with E-state index in [1.54, 1.807) is 14.2 Å². The average Bonchev–Trinajstić information content (AvgIpc) is 3.04. The third kappa shape index (κ3) is 5.57. The summed E-state index contributed by atoms with van der Waals surface area (Å²) in [6.07, 6.45) is 0.555. The van der Waals surface area contributed by atoms with Gasteiger partial charge in [-0.15, -0.1) is 0 Å². The summed E-state index contributed by atoms with van der Waals surface area (Å²) in [4.78, 5) is 30.2. The van der Waals surface area contributed by atoms with Gasteiger partial charge in [0.25, 0.3) is 11.8 Å². The Morgan fingerprint density at radius 3 is 2.03 bits per heavy atom. The van der Waals surface area contributed by atoms with Crippen LogP contribution in [0.1, 0.15) is 16.7 Å². The molecule has 1 aliphatic rings. The third-order valence-electron chi connectivity index (χ3n) is 5.47. The molecular formula is C25H29ClN2O4. The maximum atomic E-state index is 13.5. The van der Waals surface area contributed by atoms with Crippen LogP contribution in [0.3, 0.4) is 0 Å². The number of nitrogens with zero attached hydrogens (tertiary/aromatic N) is 2. The number of carbonyl (C=O) groups excluding carboxylic acids is 2. The Morgan fingerprint density at radius 1 is 0.875 bits per heavy atom. The number of imide groups is 1. The highest BCUT2D eigenvalue weighted by atomic mass is 35.5. The zero-order chi connectivity index (χ0) is 23.1. The van der Waals surface area contributed by atoms with Crippen molar-refractivity contribution in [3.05, 3.63) is 75.9 Å². The van der Waals surface area contributed by atoms with Crippen molar-refractivity contribution in [3.8, 4) is 0 Å². The first-order valence-corrected chi connectivity index (χ1v) is 11.0. The number of carbonyl (C=O) groups is 2. The molecule has 0 fully saturated rings. The SMILES string of the molecule is COCCN(CCOC)C1=C(c2ccc(C)cc2)C(=O)N(CCc2ccc(Cl)cc2)C1=O. The number of ether oxygens (including phenoxy) is 2. The van der Waals surface area contributed by atoms with Gasteiger partial charge in [-0.2, -0.15) is 0 Å². The predicted molar refractivity (Wildman–Crippen MR) is 125 cm³/mol. The molecule has 170 valence electrons. The topological polar surface area (TPSA) is 59.1 Å². The minimum atomic E-state index is -0.285. The van der Waals surface area contributed by atoms with Gasteiger partial charge in [0.05, 0.1) is 18.8 Å². The van der Waals surface area contributed by atoms with Gasteiger partial charge in [-0.3, -0.25) is 14.5 Å². The lowest BCUT2D eigenvalue weighted by Gasteiger charge is -2.25. The molecule has 1 heterocycles. The van der Waals surface area contributed by atoms with Crippen LogP contribution < -0.4 is 0 Å². The number of benzene rings is 2. The monoisotopic (exact) mass is 456 g/mol. The van der Waals surface area contributed by atoms with Crippen LogP contribution in [0.5, 0.6) is 0 Å². The Balaban J connectivity index is 1.94. The van der Waals surface area contributed by atoms with E-state index in [1.165, 1.54) is 4.90 Å². The van der Waals surface area contributed by atoms with Crippen LogP contribution in [0.25, 0.3) is 5.57 Å². The fraction of sp³-hybridized carbons (Fsp3) is 0.360. The fourth-order valence-electron chi connectivity index (χ4n) is 3.67. The lowest BCUT2D eigenvalue weighted by molar-refractivity contribution is -0.137. The molecule has 0 saturated heterocycles. The molecule has 2 aromatic carbocycles. The van der Waals surface area contributed by atoms with E-state index in [0.717, 1.165) is 16.7 Å². The Morgan fingerprint density at radius 2 is 1.47 bits per heavy atom. The molecule has 0 unspecified atom stereocenters. The minimum Gasteiger partial charge on any atom is -0.383 e. The smallest absolute Gasteiger partial charge is 0.277 e. The fourth-order valence-corrected chi connectivity index (χ4v) is 3.80. The summed E-state index contributed by atoms with van der Waals surface area (Å²) >= 11 is 5.97. The summed E-state index contributed by atoms with van der Waals surface area (Å²) in [6, 6.07) is 15.1. The molecule has 0 atom stereocenters. The standard InChI is InChI=1S/C25H29ClN2O4/c1-18-4-8-20(9-5-18)22-23(27(14-16-31-2)15-17-32-3)25(30)28(24(22)29)13-12-19-6-10-21(26)11-7-19/h4-11H,12-17H2,1-3H3. The van der Waals surface area contributed by atoms with Crippen molar-refractivity contribution in [3.63, 3.8) is 0 Å². The molecule has 2 aromatic rings. The van der Waals surface area contributed by atoms with Crippen LogP contribution in [-0.2, 0) is 25.5 Å². The zero-order valence-corrected chi connectivity index (χ0v) is 19.5. The lowest BCUT2D eigenvalue weighted by Crippen LogP contribution is -2.38. The number of amides is 2. The molecule has 0 aliphatic carbocycles. The van der Waals surface area contributed by atoms with Crippen LogP contribution in [0, 0.1) is 6.92 Å². The van der Waals surface area contributed by atoms with E-state index in [4.69, 9.17) is 21.1 Å². The molecule has 7 heteroatoms. The molecular weight excluding hydrogens is 428 g/mol. The maximum Gasteiger partial charge on any atom is 0.277 e. The highest BCUT2D eigenvalue weighted by Gasteiger charge is 2.41. The van der Waals surface area contributed by atoms with Crippen molar-refractivity contribution in [2.75, 3.05) is 47.1 Å². The van der Waals surface area contributed by atoms with Gasteiger partial charge in [0, 0.05) is 38.9 Å². The van der Waals surface area contributed by atoms with Crippen molar-refractivity contribution in [2.24, 2.45) is 0 Å². The average molecular weight is 457 g/mol. The molecule has 0 aromatic heterocycles. The first kappa shape index (κ1) is 24.0. The van der Waals surface area contributed by atoms with Gasteiger partial charge in [0.1, 0.15) is 5.70 Å². The van der Waals surface area contributed by atoms with Gasteiger partial charge in [-0.25, -0.2) is 0 Å². The van der Waals surface area contributed by atoms with E-state index in [-0.39, 0.29) is 11.8 Å². The first-order chi connectivity index (χ1) is 15.5. The van der Waals surface area contributed by atoms with E-state index in [1.807, 2.05) is 60.4 Å². The molecule has 0 radical (unpaired) electrons. The second-order valence-electron chi connectivity index (χ2n) is 7.70. The Bertz CT molecular complexity index is 962. The van der Waals surface area contributed by atoms with Crippen molar-refractivity contribution in [1.29, 1.82) is 0 Å². The Kier molecular flexibility index (Phi) is 8.45. The van der Waals surface area contributed by atoms with Gasteiger partial charge in [-0.05, 0) is 36.6 Å². The van der Waals surface area contributed by atoms with Crippen molar-refractivity contribution in [1.82, 2.24) is 9.80 Å². The molecule has 32 heavy (non-hydrogen) atoms. The Labute approximate surface area is 194 Å². The summed E-state index contributed by atoms with van der Waals surface area (Å²) in [7, 11) is 3.23. The summed E-state index contributed by atoms with van der Waals surface area (Å²) < 4.78 is 10.5. The van der Waals surface area contributed by atoms with Crippen LogP contribution >= 0.6 is 11.6 Å². The quantitative estimate of drug-likeness (QED) is 0.484. The number of hydrogen-bond donors (Lipinski definition) is 0. The van der Waals surface area contributed by atoms with Crippen LogP contribution in [-0.4, -0.2) is 68.7 Å². The van der Waals surface area contributed by atoms with Gasteiger partial charge in [0.15, 0.2) is 0 Å².